The van der Waals surface area contributed by atoms with Crippen LogP contribution >= 0.6 is 11.6 Å². The van der Waals surface area contributed by atoms with Crippen molar-refractivity contribution in [2.75, 3.05) is 26.2 Å². The molecule has 1 aromatic rings. The molecule has 1 saturated heterocycles. The van der Waals surface area contributed by atoms with Gasteiger partial charge in [-0.1, -0.05) is 43.6 Å². The summed E-state index contributed by atoms with van der Waals surface area (Å²) in [7, 11) is 0. The summed E-state index contributed by atoms with van der Waals surface area (Å²) in [5, 5.41) is 0.903. The summed E-state index contributed by atoms with van der Waals surface area (Å²) in [6.45, 7) is 10.2. The molecule has 1 aliphatic heterocycles. The summed E-state index contributed by atoms with van der Waals surface area (Å²) in [5.41, 5.74) is 7.15. The van der Waals surface area contributed by atoms with E-state index in [2.05, 4.69) is 26.0 Å². The van der Waals surface area contributed by atoms with E-state index in [9.17, 15) is 0 Å². The fourth-order valence-corrected chi connectivity index (χ4v) is 3.71. The maximum absolute atomic E-state index is 6.34. The molecule has 0 aromatic heterocycles. The number of likely N-dealkylation sites (tertiary alicyclic amines) is 1. The van der Waals surface area contributed by atoms with E-state index in [-0.39, 0.29) is 0 Å². The van der Waals surface area contributed by atoms with Crippen LogP contribution in [0, 0.1) is 11.8 Å². The Hall–Kier alpha value is -0.570. The Kier molecular flexibility index (Phi) is 4.88. The number of rotatable bonds is 5. The van der Waals surface area contributed by atoms with Gasteiger partial charge in [-0.3, -0.25) is 0 Å². The van der Waals surface area contributed by atoms with Crippen LogP contribution in [-0.4, -0.2) is 30.7 Å². The van der Waals surface area contributed by atoms with Crippen molar-refractivity contribution in [3.63, 3.8) is 0 Å². The van der Waals surface area contributed by atoms with Crippen LogP contribution in [0.25, 0.3) is 0 Å². The van der Waals surface area contributed by atoms with E-state index in [1.165, 1.54) is 31.6 Å². The summed E-state index contributed by atoms with van der Waals surface area (Å²) in [6.07, 6.45) is 1.26. The summed E-state index contributed by atoms with van der Waals surface area (Å²) in [6, 6.07) is 8.26. The number of benzene rings is 1. The largest absolute Gasteiger partial charge is 0.330 e. The minimum absolute atomic E-state index is 0.682. The Balaban J connectivity index is 2.17. The molecule has 0 aliphatic carbocycles. The molecule has 1 unspecified atom stereocenters. The zero-order valence-electron chi connectivity index (χ0n) is 12.1. The van der Waals surface area contributed by atoms with Crippen molar-refractivity contribution in [2.24, 2.45) is 17.6 Å². The van der Waals surface area contributed by atoms with Crippen LogP contribution in [0.2, 0.25) is 5.02 Å². The van der Waals surface area contributed by atoms with Crippen molar-refractivity contribution in [2.45, 2.75) is 26.8 Å². The number of halogens is 1. The Labute approximate surface area is 122 Å². The van der Waals surface area contributed by atoms with Crippen molar-refractivity contribution in [1.82, 2.24) is 0 Å². The number of hydrogen-bond acceptors (Lipinski definition) is 1. The molecule has 0 saturated carbocycles. The van der Waals surface area contributed by atoms with Gasteiger partial charge in [-0.2, -0.15) is 0 Å². The lowest BCUT2D eigenvalue weighted by Gasteiger charge is -2.36. The Bertz CT molecular complexity index is 419. The van der Waals surface area contributed by atoms with Crippen LogP contribution in [0.3, 0.4) is 0 Å². The minimum atomic E-state index is 0.682. The molecule has 0 amide bonds. The van der Waals surface area contributed by atoms with Crippen molar-refractivity contribution in [3.05, 3.63) is 34.9 Å². The average Bonchev–Trinajstić information content (AvgIpc) is 2.75. The highest BCUT2D eigenvalue weighted by atomic mass is 35.5. The minimum Gasteiger partial charge on any atom is -0.330 e. The molecule has 1 heterocycles. The third-order valence-electron chi connectivity index (χ3n) is 4.21. The van der Waals surface area contributed by atoms with Crippen LogP contribution < -0.4 is 5.73 Å². The summed E-state index contributed by atoms with van der Waals surface area (Å²) in [5.74, 6) is 1.39. The molecule has 106 valence electrons. The first-order valence-electron chi connectivity index (χ1n) is 7.33. The van der Waals surface area contributed by atoms with E-state index < -0.39 is 0 Å². The molecule has 0 radical (unpaired) electrons. The second-order valence-electron chi connectivity index (χ2n) is 6.46. The van der Waals surface area contributed by atoms with Crippen LogP contribution in [0.4, 0.5) is 0 Å². The van der Waals surface area contributed by atoms with Gasteiger partial charge in [-0.05, 0) is 6.07 Å². The standard InChI is InChI=1S/C16H26ClN2/c1-13(2)10-19(8-7-14(9-18)11-19)12-15-5-3-4-6-16(15)17/h3-6,13-14H,7-12,18H2,1-2H3/q+1/t14-,19?/m0/s1. The average molecular weight is 282 g/mol. The van der Waals surface area contributed by atoms with Gasteiger partial charge < -0.3 is 10.2 Å². The smallest absolute Gasteiger partial charge is 0.106 e. The molecule has 1 fully saturated rings. The lowest BCUT2D eigenvalue weighted by Crippen LogP contribution is -2.48. The zero-order chi connectivity index (χ0) is 13.9. The van der Waals surface area contributed by atoms with E-state index in [0.29, 0.717) is 11.8 Å². The summed E-state index contributed by atoms with van der Waals surface area (Å²) in [4.78, 5) is 0. The monoisotopic (exact) mass is 281 g/mol. The third-order valence-corrected chi connectivity index (χ3v) is 4.58. The SMILES string of the molecule is CC(C)C[N+]1(Cc2ccccc2Cl)CC[C@@H](CN)C1. The van der Waals surface area contributed by atoms with Crippen molar-refractivity contribution in [3.8, 4) is 0 Å². The summed E-state index contributed by atoms with van der Waals surface area (Å²) >= 11 is 6.34. The van der Waals surface area contributed by atoms with Gasteiger partial charge in [-0.25, -0.2) is 0 Å². The molecule has 0 spiro atoms. The van der Waals surface area contributed by atoms with Gasteiger partial charge in [0, 0.05) is 35.4 Å². The summed E-state index contributed by atoms with van der Waals surface area (Å²) < 4.78 is 1.16. The molecule has 0 bridgehead atoms. The highest BCUT2D eigenvalue weighted by molar-refractivity contribution is 6.31. The van der Waals surface area contributed by atoms with Crippen LogP contribution in [0.1, 0.15) is 25.8 Å². The van der Waals surface area contributed by atoms with E-state index in [1.807, 2.05) is 12.1 Å². The van der Waals surface area contributed by atoms with E-state index in [4.69, 9.17) is 17.3 Å². The molecule has 1 aliphatic rings. The Morgan fingerprint density at radius 2 is 2.11 bits per heavy atom. The molecule has 19 heavy (non-hydrogen) atoms. The number of nitrogens with two attached hydrogens (primary N) is 1. The predicted octanol–water partition coefficient (Wildman–Crippen LogP) is 3.29. The predicted molar refractivity (Wildman–Crippen MR) is 82.0 cm³/mol. The second-order valence-corrected chi connectivity index (χ2v) is 6.87. The molecule has 2 nitrogen and oxygen atoms in total. The maximum atomic E-state index is 6.34. The Morgan fingerprint density at radius 3 is 2.68 bits per heavy atom. The highest BCUT2D eigenvalue weighted by Crippen LogP contribution is 2.30. The van der Waals surface area contributed by atoms with Gasteiger partial charge in [0.25, 0.3) is 0 Å². The molecular weight excluding hydrogens is 256 g/mol. The van der Waals surface area contributed by atoms with Crippen LogP contribution in [0.5, 0.6) is 0 Å². The fraction of sp³-hybridized carbons (Fsp3) is 0.625. The number of hydrogen-bond donors (Lipinski definition) is 1. The topological polar surface area (TPSA) is 26.0 Å². The second kappa shape index (κ2) is 6.25. The highest BCUT2D eigenvalue weighted by Gasteiger charge is 2.38. The van der Waals surface area contributed by atoms with E-state index in [0.717, 1.165) is 22.6 Å². The molecule has 2 atom stereocenters. The quantitative estimate of drug-likeness (QED) is 0.824. The maximum Gasteiger partial charge on any atom is 0.106 e. The normalized spacial score (nSPS) is 27.1. The van der Waals surface area contributed by atoms with Gasteiger partial charge in [0.2, 0.25) is 0 Å². The zero-order valence-corrected chi connectivity index (χ0v) is 12.9. The molecule has 1 aromatic carbocycles. The van der Waals surface area contributed by atoms with Crippen molar-refractivity contribution >= 4 is 11.6 Å². The van der Waals surface area contributed by atoms with E-state index in [1.54, 1.807) is 0 Å². The molecule has 3 heteroatoms. The van der Waals surface area contributed by atoms with Gasteiger partial charge >= 0.3 is 0 Å². The van der Waals surface area contributed by atoms with E-state index >= 15 is 0 Å². The fourth-order valence-electron chi connectivity index (χ4n) is 3.52. The first kappa shape index (κ1) is 14.8. The van der Waals surface area contributed by atoms with Gasteiger partial charge in [0.1, 0.15) is 6.54 Å². The molecule has 2 rings (SSSR count). The third kappa shape index (κ3) is 3.71. The first-order chi connectivity index (χ1) is 9.04. The molecule has 2 N–H and O–H groups in total. The Morgan fingerprint density at radius 1 is 1.37 bits per heavy atom. The van der Waals surface area contributed by atoms with Crippen molar-refractivity contribution < 1.29 is 4.48 Å². The van der Waals surface area contributed by atoms with Gasteiger partial charge in [0.05, 0.1) is 19.6 Å². The van der Waals surface area contributed by atoms with Crippen LogP contribution in [-0.2, 0) is 6.54 Å². The first-order valence-corrected chi connectivity index (χ1v) is 7.71. The molecular formula is C16H26ClN2+. The number of quaternary nitrogens is 1. The van der Waals surface area contributed by atoms with Crippen LogP contribution in [0.15, 0.2) is 24.3 Å². The van der Waals surface area contributed by atoms with Gasteiger partial charge in [-0.15, -0.1) is 0 Å². The lowest BCUT2D eigenvalue weighted by molar-refractivity contribution is -0.933. The van der Waals surface area contributed by atoms with Crippen molar-refractivity contribution in [1.29, 1.82) is 0 Å². The van der Waals surface area contributed by atoms with Gasteiger partial charge in [0.15, 0.2) is 0 Å². The lowest BCUT2D eigenvalue weighted by atomic mass is 10.1. The number of nitrogens with zero attached hydrogens (tertiary/aromatic N) is 1.